The van der Waals surface area contributed by atoms with Crippen molar-refractivity contribution in [1.29, 1.82) is 0 Å². The summed E-state index contributed by atoms with van der Waals surface area (Å²) >= 11 is 0. The van der Waals surface area contributed by atoms with Crippen LogP contribution in [0.3, 0.4) is 0 Å². The van der Waals surface area contributed by atoms with Gasteiger partial charge in [-0.15, -0.1) is 0 Å². The van der Waals surface area contributed by atoms with Gasteiger partial charge in [-0.2, -0.15) is 0 Å². The number of aromatic amines is 1. The molecule has 3 N–H and O–H groups in total. The van der Waals surface area contributed by atoms with Gasteiger partial charge in [0.15, 0.2) is 11.4 Å². The fourth-order valence-corrected chi connectivity index (χ4v) is 4.52. The largest absolute Gasteiger partial charge is 0.486 e. The lowest BCUT2D eigenvalue weighted by molar-refractivity contribution is 0.0590. The van der Waals surface area contributed by atoms with E-state index in [0.717, 1.165) is 51.0 Å². The number of aryl methyl sites for hydroxylation is 2. The second kappa shape index (κ2) is 10.3. The van der Waals surface area contributed by atoms with Crippen molar-refractivity contribution in [2.45, 2.75) is 47.3 Å². The van der Waals surface area contributed by atoms with Crippen LogP contribution in [-0.2, 0) is 24.3 Å². The summed E-state index contributed by atoms with van der Waals surface area (Å²) in [5.41, 5.74) is 14.7. The topological polar surface area (TPSA) is 90.2 Å². The predicted molar refractivity (Wildman–Crippen MR) is 140 cm³/mol. The number of nitrogens with zero attached hydrogens (tertiary/aromatic N) is 1. The first-order valence-electron chi connectivity index (χ1n) is 11.9. The number of esters is 1. The molecule has 0 bridgehead atoms. The van der Waals surface area contributed by atoms with Crippen molar-refractivity contribution < 1.29 is 14.3 Å². The number of nitrogens with two attached hydrogens (primary N) is 1. The molecule has 35 heavy (non-hydrogen) atoms. The molecule has 0 aliphatic carbocycles. The van der Waals surface area contributed by atoms with E-state index in [0.29, 0.717) is 23.9 Å². The van der Waals surface area contributed by atoms with Gasteiger partial charge >= 0.3 is 5.97 Å². The second-order valence-electron chi connectivity index (χ2n) is 9.30. The molecule has 0 saturated carbocycles. The number of hydrogen-bond acceptors (Lipinski definition) is 5. The van der Waals surface area contributed by atoms with Gasteiger partial charge in [0.2, 0.25) is 0 Å². The fraction of sp³-hybridized carbons (Fsp3) is 0.310. The highest BCUT2D eigenvalue weighted by atomic mass is 16.5. The van der Waals surface area contributed by atoms with Gasteiger partial charge in [0, 0.05) is 34.4 Å². The maximum absolute atomic E-state index is 12.5. The highest BCUT2D eigenvalue weighted by molar-refractivity contribution is 6.00. The van der Waals surface area contributed by atoms with Crippen LogP contribution in [0.5, 0.6) is 5.75 Å². The molecule has 0 atom stereocenters. The van der Waals surface area contributed by atoms with E-state index in [1.165, 1.54) is 12.7 Å². The van der Waals surface area contributed by atoms with Crippen molar-refractivity contribution in [3.63, 3.8) is 0 Å². The van der Waals surface area contributed by atoms with Crippen LogP contribution in [0.25, 0.3) is 22.0 Å². The average Bonchev–Trinajstić information content (AvgIpc) is 3.21. The lowest BCUT2D eigenvalue weighted by Gasteiger charge is -2.21. The molecule has 4 aromatic rings. The Kier molecular flexibility index (Phi) is 7.22. The molecule has 4 rings (SSSR count). The molecule has 182 valence electrons. The van der Waals surface area contributed by atoms with Crippen LogP contribution in [0.1, 0.15) is 52.4 Å². The van der Waals surface area contributed by atoms with Crippen molar-refractivity contribution in [2.24, 2.45) is 11.7 Å². The van der Waals surface area contributed by atoms with E-state index >= 15 is 0 Å². The number of pyridine rings is 1. The predicted octanol–water partition coefficient (Wildman–Crippen LogP) is 5.87. The van der Waals surface area contributed by atoms with E-state index in [-0.39, 0.29) is 6.61 Å². The third kappa shape index (κ3) is 4.93. The average molecular weight is 472 g/mol. The lowest BCUT2D eigenvalue weighted by atomic mass is 9.90. The summed E-state index contributed by atoms with van der Waals surface area (Å²) < 4.78 is 11.4. The molecule has 2 aromatic heterocycles. The summed E-state index contributed by atoms with van der Waals surface area (Å²) in [6.45, 7) is 9.08. The van der Waals surface area contributed by atoms with Crippen LogP contribution in [0.2, 0.25) is 0 Å². The normalized spacial score (nSPS) is 11.3. The smallest absolute Gasteiger partial charge is 0.358 e. The number of H-pyrrole nitrogens is 1. The Balaban J connectivity index is 1.85. The zero-order chi connectivity index (χ0) is 25.1. The van der Waals surface area contributed by atoms with Gasteiger partial charge in [-0.25, -0.2) is 4.79 Å². The van der Waals surface area contributed by atoms with Crippen molar-refractivity contribution in [3.05, 3.63) is 82.3 Å². The minimum atomic E-state index is -0.472. The number of carbonyl (C=O) groups excluding carboxylic acids is 1. The van der Waals surface area contributed by atoms with Crippen LogP contribution in [0.15, 0.2) is 48.5 Å². The molecule has 0 unspecified atom stereocenters. The summed E-state index contributed by atoms with van der Waals surface area (Å²) in [5.74, 6) is 0.455. The number of methoxy groups -OCH3 is 1. The number of fused-ring (bicyclic) bond motifs is 1. The fourth-order valence-electron chi connectivity index (χ4n) is 4.52. The molecule has 0 radical (unpaired) electrons. The Hall–Kier alpha value is -3.64. The van der Waals surface area contributed by atoms with Crippen molar-refractivity contribution in [1.82, 2.24) is 9.97 Å². The first-order valence-corrected chi connectivity index (χ1v) is 11.9. The zero-order valence-corrected chi connectivity index (χ0v) is 21.1. The molecule has 0 saturated heterocycles. The van der Waals surface area contributed by atoms with Crippen molar-refractivity contribution >= 4 is 16.9 Å². The Bertz CT molecular complexity index is 1350. The number of rotatable bonds is 8. The Morgan fingerprint density at radius 2 is 1.77 bits per heavy atom. The molecular weight excluding hydrogens is 438 g/mol. The summed E-state index contributed by atoms with van der Waals surface area (Å²) in [4.78, 5) is 20.6. The molecule has 2 heterocycles. The summed E-state index contributed by atoms with van der Waals surface area (Å²) in [5, 5.41) is 0.825. The van der Waals surface area contributed by atoms with Crippen LogP contribution in [-0.4, -0.2) is 23.0 Å². The van der Waals surface area contributed by atoms with Gasteiger partial charge in [0.1, 0.15) is 6.61 Å². The Labute approximate surface area is 206 Å². The standard InChI is InChI=1S/C29H33N3O3/c1-17(2)14-25-22(15-30)26(20-12-10-18(3)11-13-20)23(19(4)31-25)16-35-28-21-8-6-7-9-24(21)32-27(28)29(33)34-5/h6-13,17,32H,14-16,30H2,1-5H3. The Morgan fingerprint density at radius 1 is 1.06 bits per heavy atom. The quantitative estimate of drug-likeness (QED) is 0.314. The number of nitrogens with one attached hydrogen (secondary N) is 1. The maximum Gasteiger partial charge on any atom is 0.358 e. The summed E-state index contributed by atoms with van der Waals surface area (Å²) in [6, 6.07) is 16.1. The number of aromatic nitrogens is 2. The van der Waals surface area contributed by atoms with Gasteiger partial charge in [0.25, 0.3) is 0 Å². The third-order valence-electron chi connectivity index (χ3n) is 6.25. The molecule has 0 amide bonds. The van der Waals surface area contributed by atoms with E-state index in [4.69, 9.17) is 20.2 Å². The van der Waals surface area contributed by atoms with E-state index < -0.39 is 5.97 Å². The third-order valence-corrected chi connectivity index (χ3v) is 6.25. The van der Waals surface area contributed by atoms with Crippen molar-refractivity contribution in [3.8, 4) is 16.9 Å². The van der Waals surface area contributed by atoms with E-state index in [2.05, 4.69) is 50.0 Å². The molecule has 6 nitrogen and oxygen atoms in total. The maximum atomic E-state index is 12.5. The molecule has 0 spiro atoms. The van der Waals surface area contributed by atoms with Gasteiger partial charge in [-0.05, 0) is 55.0 Å². The van der Waals surface area contributed by atoms with Gasteiger partial charge < -0.3 is 20.2 Å². The number of para-hydroxylation sites is 1. The lowest BCUT2D eigenvalue weighted by Crippen LogP contribution is -2.14. The van der Waals surface area contributed by atoms with Gasteiger partial charge in [0.05, 0.1) is 7.11 Å². The van der Waals surface area contributed by atoms with E-state index in [1.54, 1.807) is 0 Å². The van der Waals surface area contributed by atoms with Crippen LogP contribution in [0.4, 0.5) is 0 Å². The SMILES string of the molecule is COC(=O)c1[nH]c2ccccc2c1OCc1c(C)nc(CC(C)C)c(CN)c1-c1ccc(C)cc1. The molecule has 0 aliphatic heterocycles. The minimum Gasteiger partial charge on any atom is -0.486 e. The second-order valence-corrected chi connectivity index (χ2v) is 9.30. The van der Waals surface area contributed by atoms with E-state index in [1.807, 2.05) is 31.2 Å². The summed E-state index contributed by atoms with van der Waals surface area (Å²) in [6.07, 6.45) is 0.850. The molecular formula is C29H33N3O3. The molecule has 0 fully saturated rings. The number of benzene rings is 2. The van der Waals surface area contributed by atoms with Crippen LogP contribution < -0.4 is 10.5 Å². The van der Waals surface area contributed by atoms with Crippen LogP contribution in [0, 0.1) is 19.8 Å². The Morgan fingerprint density at radius 3 is 2.43 bits per heavy atom. The zero-order valence-electron chi connectivity index (χ0n) is 21.1. The summed E-state index contributed by atoms with van der Waals surface area (Å²) in [7, 11) is 1.36. The van der Waals surface area contributed by atoms with Crippen LogP contribution >= 0.6 is 0 Å². The number of carbonyl (C=O) groups is 1. The number of ether oxygens (including phenoxy) is 2. The first-order chi connectivity index (χ1) is 16.8. The minimum absolute atomic E-state index is 0.239. The molecule has 6 heteroatoms. The molecule has 0 aliphatic rings. The van der Waals surface area contributed by atoms with Gasteiger partial charge in [-0.1, -0.05) is 55.8 Å². The van der Waals surface area contributed by atoms with Gasteiger partial charge in [-0.3, -0.25) is 4.98 Å². The van der Waals surface area contributed by atoms with Crippen molar-refractivity contribution in [2.75, 3.05) is 7.11 Å². The highest BCUT2D eigenvalue weighted by Gasteiger charge is 2.23. The molecule has 2 aromatic carbocycles. The first kappa shape index (κ1) is 24.5. The number of hydrogen-bond donors (Lipinski definition) is 2. The monoisotopic (exact) mass is 471 g/mol. The van der Waals surface area contributed by atoms with E-state index in [9.17, 15) is 4.79 Å². The highest BCUT2D eigenvalue weighted by Crippen LogP contribution is 2.36.